The Bertz CT molecular complexity index is 543. The molecule has 3 nitrogen and oxygen atoms in total. The molecule has 0 radical (unpaired) electrons. The highest BCUT2D eigenvalue weighted by molar-refractivity contribution is 5.05. The molecule has 0 aromatic carbocycles. The smallest absolute Gasteiger partial charge is 0.0827 e. The number of allylic oxidation sites excluding steroid dienone is 6. The van der Waals surface area contributed by atoms with Crippen molar-refractivity contribution in [1.29, 1.82) is 0 Å². The summed E-state index contributed by atoms with van der Waals surface area (Å²) in [4.78, 5) is 0. The second-order valence-electron chi connectivity index (χ2n) is 6.64. The van der Waals surface area contributed by atoms with Crippen LogP contribution in [0.25, 0.3) is 0 Å². The summed E-state index contributed by atoms with van der Waals surface area (Å²) in [5.41, 5.74) is 5.42. The number of hydrogen-bond donors (Lipinski definition) is 0. The third-order valence-corrected chi connectivity index (χ3v) is 3.84. The van der Waals surface area contributed by atoms with E-state index >= 15 is 0 Å². The van der Waals surface area contributed by atoms with Crippen LogP contribution in [-0.4, -0.2) is 15.0 Å². The predicted octanol–water partition coefficient (Wildman–Crippen LogP) is 5.65. The summed E-state index contributed by atoms with van der Waals surface area (Å²) in [6.45, 7) is 11.8. The van der Waals surface area contributed by atoms with Crippen molar-refractivity contribution in [1.82, 2.24) is 15.0 Å². The monoisotopic (exact) mass is 315 g/mol. The Morgan fingerprint density at radius 1 is 1.00 bits per heavy atom. The fourth-order valence-corrected chi connectivity index (χ4v) is 2.39. The summed E-state index contributed by atoms with van der Waals surface area (Å²) < 4.78 is 1.93. The fourth-order valence-electron chi connectivity index (χ4n) is 2.39. The average Bonchev–Trinajstić information content (AvgIpc) is 2.93. The number of aryl methyl sites for hydroxylation is 1. The molecule has 1 heterocycles. The van der Waals surface area contributed by atoms with Gasteiger partial charge in [-0.15, -0.1) is 5.10 Å². The molecule has 0 saturated heterocycles. The Kier molecular flexibility index (Phi) is 9.27. The van der Waals surface area contributed by atoms with Gasteiger partial charge in [0.05, 0.1) is 12.2 Å². The minimum atomic E-state index is 0.825. The molecule has 0 aliphatic rings. The van der Waals surface area contributed by atoms with Crippen molar-refractivity contribution in [2.75, 3.05) is 0 Å². The van der Waals surface area contributed by atoms with Crippen molar-refractivity contribution in [2.45, 2.75) is 79.7 Å². The van der Waals surface area contributed by atoms with Gasteiger partial charge in [-0.1, -0.05) is 53.5 Å². The largest absolute Gasteiger partial charge is 0.248 e. The van der Waals surface area contributed by atoms with Crippen molar-refractivity contribution < 1.29 is 0 Å². The van der Waals surface area contributed by atoms with Gasteiger partial charge in [-0.25, -0.2) is 4.68 Å². The van der Waals surface area contributed by atoms with Crippen LogP contribution in [0.4, 0.5) is 0 Å². The summed E-state index contributed by atoms with van der Waals surface area (Å²) in [6, 6.07) is 0. The first-order chi connectivity index (χ1) is 11.0. The normalized spacial score (nSPS) is 12.6. The van der Waals surface area contributed by atoms with E-state index in [9.17, 15) is 0 Å². The van der Waals surface area contributed by atoms with Gasteiger partial charge in [0.2, 0.25) is 0 Å². The van der Waals surface area contributed by atoms with Crippen LogP contribution in [-0.2, 0) is 13.0 Å². The lowest BCUT2D eigenvalue weighted by Crippen LogP contribution is -1.96. The first kappa shape index (κ1) is 19.4. The van der Waals surface area contributed by atoms with E-state index in [1.165, 1.54) is 23.1 Å². The molecule has 0 fully saturated rings. The zero-order valence-electron chi connectivity index (χ0n) is 15.6. The first-order valence-electron chi connectivity index (χ1n) is 8.85. The molecule has 0 atom stereocenters. The molecular formula is C20H33N3. The molecular weight excluding hydrogens is 282 g/mol. The number of rotatable bonds is 10. The number of nitrogens with zero attached hydrogens (tertiary/aromatic N) is 3. The van der Waals surface area contributed by atoms with Crippen LogP contribution < -0.4 is 0 Å². The highest BCUT2D eigenvalue weighted by Gasteiger charge is 1.98. The van der Waals surface area contributed by atoms with E-state index < -0.39 is 0 Å². The van der Waals surface area contributed by atoms with Gasteiger partial charge in [0.1, 0.15) is 0 Å². The van der Waals surface area contributed by atoms with Gasteiger partial charge in [0.15, 0.2) is 0 Å². The highest BCUT2D eigenvalue weighted by Crippen LogP contribution is 2.11. The standard InChI is InChI=1S/C20H33N3/c1-6-9-20-16-23(22-21-20)15-14-19(5)13-8-12-18(4)11-7-10-17(2)3/h10,12,14,16H,6-9,11,13,15H2,1-5H3/b18-12+,19-14+. The number of hydrogen-bond acceptors (Lipinski definition) is 2. The maximum Gasteiger partial charge on any atom is 0.0827 e. The number of aromatic nitrogens is 3. The first-order valence-corrected chi connectivity index (χ1v) is 8.85. The lowest BCUT2D eigenvalue weighted by atomic mass is 10.1. The van der Waals surface area contributed by atoms with Crippen molar-refractivity contribution in [2.24, 2.45) is 0 Å². The van der Waals surface area contributed by atoms with Crippen LogP contribution in [0.1, 0.15) is 72.4 Å². The van der Waals surface area contributed by atoms with Crippen LogP contribution in [0.3, 0.4) is 0 Å². The molecule has 1 aromatic heterocycles. The third kappa shape index (κ3) is 9.17. The van der Waals surface area contributed by atoms with E-state index in [1.54, 1.807) is 0 Å². The molecule has 1 aromatic rings. The summed E-state index contributed by atoms with van der Waals surface area (Å²) in [7, 11) is 0. The van der Waals surface area contributed by atoms with Gasteiger partial charge < -0.3 is 0 Å². The minimum Gasteiger partial charge on any atom is -0.248 e. The molecule has 0 saturated carbocycles. The summed E-state index contributed by atoms with van der Waals surface area (Å²) in [5, 5.41) is 8.35. The van der Waals surface area contributed by atoms with Crippen molar-refractivity contribution in [3.63, 3.8) is 0 Å². The van der Waals surface area contributed by atoms with Crippen molar-refractivity contribution in [3.8, 4) is 0 Å². The molecule has 0 aliphatic heterocycles. The lowest BCUT2D eigenvalue weighted by molar-refractivity contribution is 0.656. The molecule has 0 amide bonds. The van der Waals surface area contributed by atoms with E-state index in [0.29, 0.717) is 0 Å². The molecule has 0 bridgehead atoms. The maximum absolute atomic E-state index is 4.18. The Hall–Kier alpha value is -1.64. The van der Waals surface area contributed by atoms with Gasteiger partial charge >= 0.3 is 0 Å². The Balaban J connectivity index is 2.31. The Morgan fingerprint density at radius 3 is 2.30 bits per heavy atom. The second-order valence-corrected chi connectivity index (χ2v) is 6.64. The van der Waals surface area contributed by atoms with E-state index in [0.717, 1.165) is 44.3 Å². The van der Waals surface area contributed by atoms with Crippen LogP contribution in [0.5, 0.6) is 0 Å². The molecule has 128 valence electrons. The molecule has 0 unspecified atom stereocenters. The molecule has 1 rings (SSSR count). The lowest BCUT2D eigenvalue weighted by Gasteiger charge is -2.02. The highest BCUT2D eigenvalue weighted by atomic mass is 15.4. The van der Waals surface area contributed by atoms with Gasteiger partial charge in [0, 0.05) is 6.20 Å². The van der Waals surface area contributed by atoms with Crippen molar-refractivity contribution in [3.05, 3.63) is 46.8 Å². The summed E-state index contributed by atoms with van der Waals surface area (Å²) >= 11 is 0. The van der Waals surface area contributed by atoms with E-state index in [4.69, 9.17) is 0 Å². The maximum atomic E-state index is 4.18. The molecule has 23 heavy (non-hydrogen) atoms. The summed E-state index contributed by atoms with van der Waals surface area (Å²) in [6.07, 6.45) is 15.7. The molecule has 3 heteroatoms. The predicted molar refractivity (Wildman–Crippen MR) is 99.4 cm³/mol. The van der Waals surface area contributed by atoms with Gasteiger partial charge in [0.25, 0.3) is 0 Å². The minimum absolute atomic E-state index is 0.825. The van der Waals surface area contributed by atoms with Crippen LogP contribution in [0, 0.1) is 0 Å². The van der Waals surface area contributed by atoms with Crippen LogP contribution >= 0.6 is 0 Å². The zero-order chi connectivity index (χ0) is 17.1. The fraction of sp³-hybridized carbons (Fsp3) is 0.600. The SMILES string of the molecule is CCCc1cn(C/C=C(\C)CC/C=C(\C)CCC=C(C)C)nn1. The topological polar surface area (TPSA) is 30.7 Å². The molecule has 0 spiro atoms. The van der Waals surface area contributed by atoms with Gasteiger partial charge in [-0.3, -0.25) is 0 Å². The Morgan fingerprint density at radius 2 is 1.65 bits per heavy atom. The summed E-state index contributed by atoms with van der Waals surface area (Å²) in [5.74, 6) is 0. The van der Waals surface area contributed by atoms with E-state index in [-0.39, 0.29) is 0 Å². The van der Waals surface area contributed by atoms with E-state index in [1.807, 2.05) is 4.68 Å². The second kappa shape index (κ2) is 11.0. The van der Waals surface area contributed by atoms with Crippen LogP contribution in [0.2, 0.25) is 0 Å². The van der Waals surface area contributed by atoms with Gasteiger partial charge in [-0.05, 0) is 59.8 Å². The van der Waals surface area contributed by atoms with E-state index in [2.05, 4.69) is 69.4 Å². The molecule has 0 aliphatic carbocycles. The van der Waals surface area contributed by atoms with Gasteiger partial charge in [-0.2, -0.15) is 0 Å². The quantitative estimate of drug-likeness (QED) is 0.522. The average molecular weight is 316 g/mol. The molecule has 0 N–H and O–H groups in total. The van der Waals surface area contributed by atoms with Crippen molar-refractivity contribution >= 4 is 0 Å². The zero-order valence-corrected chi connectivity index (χ0v) is 15.6. The third-order valence-electron chi connectivity index (χ3n) is 3.84. The Labute approximate surface area is 142 Å². The van der Waals surface area contributed by atoms with Crippen LogP contribution in [0.15, 0.2) is 41.1 Å².